The van der Waals surface area contributed by atoms with Gasteiger partial charge in [-0.2, -0.15) is 0 Å². The molecule has 2 rings (SSSR count). The second-order valence-electron chi connectivity index (χ2n) is 6.37. The summed E-state index contributed by atoms with van der Waals surface area (Å²) in [5.74, 6) is 0.0943. The van der Waals surface area contributed by atoms with E-state index in [0.717, 1.165) is 16.3 Å². The molecule has 1 heterocycles. The number of pyridine rings is 1. The number of hydrogen-bond acceptors (Lipinski definition) is 3. The number of Topliss-reactive ketones (excluding diaryl/α,β-unsaturated/α-hetero) is 1. The van der Waals surface area contributed by atoms with Gasteiger partial charge < -0.3 is 4.79 Å². The number of carbonyl (C=O) groups is 2. The van der Waals surface area contributed by atoms with Crippen LogP contribution in [-0.2, 0) is 4.79 Å². The maximum Gasteiger partial charge on any atom is 0.160 e. The molecule has 0 bridgehead atoms. The maximum atomic E-state index is 11.2. The fraction of sp³-hybridized carbons (Fsp3) is 0.458. The first-order valence-corrected chi connectivity index (χ1v) is 9.74. The summed E-state index contributed by atoms with van der Waals surface area (Å²) >= 11 is 0. The summed E-state index contributed by atoms with van der Waals surface area (Å²) < 4.78 is 0. The summed E-state index contributed by atoms with van der Waals surface area (Å²) in [4.78, 5) is 23.2. The lowest BCUT2D eigenvalue weighted by Crippen LogP contribution is -1.92. The SMILES string of the molecule is C=C(C)CCCCC.C=O.CC(=O)c1cccc2cnccc12.CCCC.[HH]. The summed E-state index contributed by atoms with van der Waals surface area (Å²) in [5.41, 5.74) is 2.08. The van der Waals surface area contributed by atoms with Crippen molar-refractivity contribution in [3.63, 3.8) is 0 Å². The van der Waals surface area contributed by atoms with Crippen LogP contribution in [0.5, 0.6) is 0 Å². The minimum absolute atomic E-state index is 0. The highest BCUT2D eigenvalue weighted by molar-refractivity contribution is 6.06. The van der Waals surface area contributed by atoms with Gasteiger partial charge in [-0.25, -0.2) is 0 Å². The Morgan fingerprint density at radius 3 is 2.11 bits per heavy atom. The number of ketones is 1. The largest absolute Gasteiger partial charge is 0.307 e. The van der Waals surface area contributed by atoms with Gasteiger partial charge in [0.25, 0.3) is 0 Å². The molecular weight excluding hydrogens is 334 g/mol. The fourth-order valence-electron chi connectivity index (χ4n) is 2.11. The average molecular weight is 374 g/mol. The maximum absolute atomic E-state index is 11.2. The van der Waals surface area contributed by atoms with E-state index < -0.39 is 0 Å². The standard InChI is InChI=1S/C11H9NO.C8H16.C4H10.CH2O.H2/c1-8(13)10-4-2-3-9-7-12-6-5-11(9)10;1-4-5-6-7-8(2)3;1-3-4-2;1-2;/h2-7H,1H3;2,4-7H2,1,3H3;3-4H2,1-2H3;1H2;1H. The minimum atomic E-state index is 0. The number of carbonyl (C=O) groups excluding carboxylic acids is 2. The van der Waals surface area contributed by atoms with Crippen molar-refractivity contribution in [3.8, 4) is 0 Å². The smallest absolute Gasteiger partial charge is 0.160 e. The Labute approximate surface area is 167 Å². The van der Waals surface area contributed by atoms with Crippen molar-refractivity contribution in [3.05, 3.63) is 54.4 Å². The van der Waals surface area contributed by atoms with Gasteiger partial charge in [0.1, 0.15) is 6.79 Å². The van der Waals surface area contributed by atoms with E-state index in [1.165, 1.54) is 44.1 Å². The monoisotopic (exact) mass is 373 g/mol. The summed E-state index contributed by atoms with van der Waals surface area (Å²) in [7, 11) is 0. The Kier molecular flexibility index (Phi) is 18.5. The highest BCUT2D eigenvalue weighted by Gasteiger charge is 2.03. The first-order valence-electron chi connectivity index (χ1n) is 9.74. The van der Waals surface area contributed by atoms with Crippen LogP contribution in [0, 0.1) is 0 Å². The van der Waals surface area contributed by atoms with Crippen LogP contribution < -0.4 is 0 Å². The van der Waals surface area contributed by atoms with E-state index in [4.69, 9.17) is 4.79 Å². The van der Waals surface area contributed by atoms with Gasteiger partial charge in [-0.3, -0.25) is 9.78 Å². The molecular formula is C24H39NO2. The fourth-order valence-corrected chi connectivity index (χ4v) is 2.11. The van der Waals surface area contributed by atoms with Crippen molar-refractivity contribution in [1.29, 1.82) is 0 Å². The first-order chi connectivity index (χ1) is 13.0. The van der Waals surface area contributed by atoms with Crippen LogP contribution in [0.25, 0.3) is 10.8 Å². The van der Waals surface area contributed by atoms with E-state index in [-0.39, 0.29) is 7.21 Å². The van der Waals surface area contributed by atoms with Gasteiger partial charge in [-0.1, -0.05) is 70.2 Å². The van der Waals surface area contributed by atoms with E-state index in [1.807, 2.05) is 31.1 Å². The van der Waals surface area contributed by atoms with Crippen LogP contribution in [0.1, 0.15) is 84.9 Å². The van der Waals surface area contributed by atoms with Crippen molar-refractivity contribution in [2.75, 3.05) is 0 Å². The summed E-state index contributed by atoms with van der Waals surface area (Å²) in [6, 6.07) is 7.53. The topological polar surface area (TPSA) is 47.0 Å². The molecule has 3 nitrogen and oxygen atoms in total. The molecule has 1 aromatic heterocycles. The zero-order chi connectivity index (χ0) is 21.1. The Morgan fingerprint density at radius 2 is 1.63 bits per heavy atom. The van der Waals surface area contributed by atoms with Crippen LogP contribution in [0.3, 0.4) is 0 Å². The molecule has 3 heteroatoms. The molecule has 0 N–H and O–H groups in total. The molecule has 0 aliphatic rings. The van der Waals surface area contributed by atoms with Gasteiger partial charge in [0.05, 0.1) is 0 Å². The molecule has 152 valence electrons. The van der Waals surface area contributed by atoms with E-state index in [0.29, 0.717) is 0 Å². The lowest BCUT2D eigenvalue weighted by molar-refractivity contribution is -0.0980. The van der Waals surface area contributed by atoms with Gasteiger partial charge in [0.15, 0.2) is 5.78 Å². The van der Waals surface area contributed by atoms with Crippen LogP contribution in [-0.4, -0.2) is 17.6 Å². The first kappa shape index (κ1) is 26.9. The van der Waals surface area contributed by atoms with Crippen LogP contribution >= 0.6 is 0 Å². The van der Waals surface area contributed by atoms with E-state index in [1.54, 1.807) is 19.3 Å². The second-order valence-corrected chi connectivity index (χ2v) is 6.37. The predicted molar refractivity (Wildman–Crippen MR) is 121 cm³/mol. The Balaban J connectivity index is -0.000000362. The Bertz CT molecular complexity index is 649. The van der Waals surface area contributed by atoms with Crippen molar-refractivity contribution < 1.29 is 11.0 Å². The molecule has 0 radical (unpaired) electrons. The van der Waals surface area contributed by atoms with Crippen molar-refractivity contribution in [2.24, 2.45) is 0 Å². The van der Waals surface area contributed by atoms with E-state index >= 15 is 0 Å². The third-order valence-electron chi connectivity index (χ3n) is 3.77. The molecule has 0 aliphatic heterocycles. The van der Waals surface area contributed by atoms with Crippen LogP contribution in [0.4, 0.5) is 0 Å². The van der Waals surface area contributed by atoms with Gasteiger partial charge in [0, 0.05) is 24.8 Å². The average Bonchev–Trinajstić information content (AvgIpc) is 2.69. The van der Waals surface area contributed by atoms with Gasteiger partial charge in [-0.15, -0.1) is 6.58 Å². The minimum Gasteiger partial charge on any atom is -0.307 e. The number of rotatable bonds is 6. The van der Waals surface area contributed by atoms with Crippen molar-refractivity contribution in [2.45, 2.75) is 73.1 Å². The van der Waals surface area contributed by atoms with Crippen molar-refractivity contribution >= 4 is 23.3 Å². The number of aromatic nitrogens is 1. The highest BCUT2D eigenvalue weighted by Crippen LogP contribution is 2.17. The van der Waals surface area contributed by atoms with Crippen LogP contribution in [0.15, 0.2) is 48.8 Å². The summed E-state index contributed by atoms with van der Waals surface area (Å²) in [6.07, 6.45) is 11.3. The molecule has 0 saturated heterocycles. The second kappa shape index (κ2) is 18.5. The number of nitrogens with zero attached hydrogens (tertiary/aromatic N) is 1. The van der Waals surface area contributed by atoms with Gasteiger partial charge in [0.2, 0.25) is 0 Å². The zero-order valence-corrected chi connectivity index (χ0v) is 17.9. The normalized spacial score (nSPS) is 8.93. The van der Waals surface area contributed by atoms with Crippen LogP contribution in [0.2, 0.25) is 0 Å². The third kappa shape index (κ3) is 13.6. The van der Waals surface area contributed by atoms with Gasteiger partial charge >= 0.3 is 0 Å². The zero-order valence-electron chi connectivity index (χ0n) is 17.9. The molecule has 0 amide bonds. The molecule has 0 unspecified atom stereocenters. The molecule has 0 saturated carbocycles. The molecule has 0 spiro atoms. The van der Waals surface area contributed by atoms with Gasteiger partial charge in [-0.05, 0) is 38.1 Å². The number of hydrogen-bond donors (Lipinski definition) is 0. The molecule has 0 atom stereocenters. The summed E-state index contributed by atoms with van der Waals surface area (Å²) in [6.45, 7) is 16.1. The number of allylic oxidation sites excluding steroid dienone is 1. The van der Waals surface area contributed by atoms with E-state index in [9.17, 15) is 4.79 Å². The predicted octanol–water partition coefficient (Wildman–Crippen LogP) is 7.45. The molecule has 0 fully saturated rings. The van der Waals surface area contributed by atoms with E-state index in [2.05, 4.69) is 39.3 Å². The Morgan fingerprint density at radius 1 is 1.00 bits per heavy atom. The molecule has 2 aromatic rings. The molecule has 1 aromatic carbocycles. The number of benzene rings is 1. The Hall–Kier alpha value is -2.29. The molecule has 27 heavy (non-hydrogen) atoms. The highest BCUT2D eigenvalue weighted by atomic mass is 16.1. The summed E-state index contributed by atoms with van der Waals surface area (Å²) in [5, 5.41) is 1.99. The third-order valence-corrected chi connectivity index (χ3v) is 3.77. The quantitative estimate of drug-likeness (QED) is 0.300. The lowest BCUT2D eigenvalue weighted by Gasteiger charge is -2.00. The number of unbranched alkanes of at least 4 members (excludes halogenated alkanes) is 3. The number of fused-ring (bicyclic) bond motifs is 1. The lowest BCUT2D eigenvalue weighted by atomic mass is 10.0. The molecule has 0 aliphatic carbocycles. The van der Waals surface area contributed by atoms with Crippen molar-refractivity contribution in [1.82, 2.24) is 4.98 Å².